The first-order valence-corrected chi connectivity index (χ1v) is 10.6. The highest BCUT2D eigenvalue weighted by Gasteiger charge is 2.41. The molecule has 1 aliphatic heterocycles. The maximum atomic E-state index is 12.6. The lowest BCUT2D eigenvalue weighted by Crippen LogP contribution is -2.32. The molecule has 1 spiro atoms. The molecular weight excluding hydrogens is 364 g/mol. The van der Waals surface area contributed by atoms with Crippen LogP contribution in [0.1, 0.15) is 54.6 Å². The van der Waals surface area contributed by atoms with E-state index in [9.17, 15) is 9.59 Å². The summed E-state index contributed by atoms with van der Waals surface area (Å²) in [5.41, 5.74) is 3.85. The van der Waals surface area contributed by atoms with Gasteiger partial charge in [-0.15, -0.1) is 0 Å². The van der Waals surface area contributed by atoms with Crippen molar-refractivity contribution < 1.29 is 4.79 Å². The van der Waals surface area contributed by atoms with Crippen LogP contribution in [0.25, 0.3) is 0 Å². The third-order valence-electron chi connectivity index (χ3n) is 6.43. The second kappa shape index (κ2) is 7.73. The van der Waals surface area contributed by atoms with Crippen LogP contribution in [0.5, 0.6) is 0 Å². The molecule has 3 heterocycles. The summed E-state index contributed by atoms with van der Waals surface area (Å²) >= 11 is 0. The Morgan fingerprint density at radius 3 is 2.45 bits per heavy atom. The van der Waals surface area contributed by atoms with E-state index in [1.54, 1.807) is 6.07 Å². The average Bonchev–Trinajstić information content (AvgIpc) is 3.26. The van der Waals surface area contributed by atoms with E-state index in [1.807, 2.05) is 32.9 Å². The van der Waals surface area contributed by atoms with Crippen molar-refractivity contribution in [1.82, 2.24) is 14.8 Å². The Morgan fingerprint density at radius 2 is 1.76 bits per heavy atom. The summed E-state index contributed by atoms with van der Waals surface area (Å²) in [4.78, 5) is 31.8. The summed E-state index contributed by atoms with van der Waals surface area (Å²) in [6.45, 7) is 7.79. The molecule has 1 saturated carbocycles. The smallest absolute Gasteiger partial charge is 0.267 e. The molecule has 6 heteroatoms. The van der Waals surface area contributed by atoms with E-state index in [2.05, 4.69) is 15.0 Å². The minimum Gasteiger partial charge on any atom is -0.354 e. The predicted octanol–water partition coefficient (Wildman–Crippen LogP) is 3.15. The summed E-state index contributed by atoms with van der Waals surface area (Å²) in [6, 6.07) is 5.47. The van der Waals surface area contributed by atoms with Crippen LogP contribution in [0, 0.1) is 26.2 Å². The fraction of sp³-hybridized carbons (Fsp3) is 0.565. The second-order valence-electron chi connectivity index (χ2n) is 9.00. The van der Waals surface area contributed by atoms with Gasteiger partial charge in [0.25, 0.3) is 5.56 Å². The Bertz CT molecular complexity index is 969. The standard InChI is InChI=1S/C23H30N4O2/c1-16-10-21(29)27(14-20(28)13-19-11-17(2)24-18(3)12-19)25-22(16)26-9-8-23(15-26)6-4-5-7-23/h10-12H,4-9,13-15H2,1-3H3. The molecule has 2 fully saturated rings. The number of ketones is 1. The van der Waals surface area contributed by atoms with Gasteiger partial charge in [0.2, 0.25) is 0 Å². The van der Waals surface area contributed by atoms with Gasteiger partial charge in [-0.25, -0.2) is 4.68 Å². The molecule has 1 saturated heterocycles. The molecule has 2 aliphatic rings. The average molecular weight is 395 g/mol. The normalized spacial score (nSPS) is 18.0. The molecule has 0 amide bonds. The Morgan fingerprint density at radius 1 is 1.07 bits per heavy atom. The summed E-state index contributed by atoms with van der Waals surface area (Å²) in [5.74, 6) is 0.838. The Balaban J connectivity index is 1.51. The molecule has 0 N–H and O–H groups in total. The number of nitrogens with zero attached hydrogens (tertiary/aromatic N) is 4. The van der Waals surface area contributed by atoms with E-state index in [0.717, 1.165) is 41.4 Å². The first-order chi connectivity index (χ1) is 13.8. The lowest BCUT2D eigenvalue weighted by molar-refractivity contribution is -0.119. The summed E-state index contributed by atoms with van der Waals surface area (Å²) in [7, 11) is 0. The molecule has 0 aromatic carbocycles. The number of hydrogen-bond donors (Lipinski definition) is 0. The molecule has 2 aromatic rings. The van der Waals surface area contributed by atoms with E-state index < -0.39 is 0 Å². The van der Waals surface area contributed by atoms with Crippen molar-refractivity contribution in [1.29, 1.82) is 0 Å². The van der Waals surface area contributed by atoms with Crippen LogP contribution in [-0.2, 0) is 17.8 Å². The van der Waals surface area contributed by atoms with Crippen LogP contribution in [0.2, 0.25) is 0 Å². The lowest BCUT2D eigenvalue weighted by atomic mass is 9.86. The van der Waals surface area contributed by atoms with E-state index in [1.165, 1.54) is 36.8 Å². The molecular formula is C23H30N4O2. The highest BCUT2D eigenvalue weighted by molar-refractivity contribution is 5.80. The predicted molar refractivity (Wildman–Crippen MR) is 113 cm³/mol. The second-order valence-corrected chi connectivity index (χ2v) is 9.00. The van der Waals surface area contributed by atoms with E-state index in [4.69, 9.17) is 0 Å². The Labute approximate surface area is 172 Å². The third kappa shape index (κ3) is 4.26. The highest BCUT2D eigenvalue weighted by Crippen LogP contribution is 2.46. The van der Waals surface area contributed by atoms with Crippen molar-refractivity contribution in [3.05, 3.63) is 51.1 Å². The zero-order chi connectivity index (χ0) is 20.6. The van der Waals surface area contributed by atoms with Gasteiger partial charge >= 0.3 is 0 Å². The zero-order valence-electron chi connectivity index (χ0n) is 17.7. The van der Waals surface area contributed by atoms with E-state index >= 15 is 0 Å². The van der Waals surface area contributed by atoms with Crippen molar-refractivity contribution in [3.63, 3.8) is 0 Å². The van der Waals surface area contributed by atoms with Gasteiger partial charge in [-0.3, -0.25) is 14.6 Å². The topological polar surface area (TPSA) is 68.1 Å². The van der Waals surface area contributed by atoms with Crippen molar-refractivity contribution in [2.45, 2.75) is 65.8 Å². The number of hydrogen-bond acceptors (Lipinski definition) is 5. The van der Waals surface area contributed by atoms with Crippen molar-refractivity contribution >= 4 is 11.6 Å². The Kier molecular flexibility index (Phi) is 5.28. The van der Waals surface area contributed by atoms with Gasteiger partial charge in [0.05, 0.1) is 0 Å². The summed E-state index contributed by atoms with van der Waals surface area (Å²) < 4.78 is 1.34. The number of carbonyl (C=O) groups is 1. The monoisotopic (exact) mass is 394 g/mol. The molecule has 4 rings (SSSR count). The number of aromatic nitrogens is 3. The van der Waals surface area contributed by atoms with Crippen molar-refractivity contribution in [2.24, 2.45) is 5.41 Å². The highest BCUT2D eigenvalue weighted by atomic mass is 16.1. The van der Waals surface area contributed by atoms with Gasteiger partial charge < -0.3 is 4.90 Å². The Hall–Kier alpha value is -2.50. The molecule has 0 unspecified atom stereocenters. The molecule has 6 nitrogen and oxygen atoms in total. The lowest BCUT2D eigenvalue weighted by Gasteiger charge is -2.25. The maximum Gasteiger partial charge on any atom is 0.267 e. The van der Waals surface area contributed by atoms with Gasteiger partial charge in [-0.1, -0.05) is 12.8 Å². The van der Waals surface area contributed by atoms with Crippen LogP contribution < -0.4 is 10.5 Å². The summed E-state index contributed by atoms with van der Waals surface area (Å²) in [5, 5.41) is 4.62. The zero-order valence-corrected chi connectivity index (χ0v) is 17.7. The van der Waals surface area contributed by atoms with Crippen LogP contribution in [0.15, 0.2) is 23.0 Å². The van der Waals surface area contributed by atoms with Gasteiger partial charge in [0.1, 0.15) is 6.54 Å². The van der Waals surface area contributed by atoms with Crippen molar-refractivity contribution in [3.8, 4) is 0 Å². The largest absolute Gasteiger partial charge is 0.354 e. The molecule has 2 aromatic heterocycles. The minimum atomic E-state index is -0.212. The molecule has 0 atom stereocenters. The van der Waals surface area contributed by atoms with Crippen molar-refractivity contribution in [2.75, 3.05) is 18.0 Å². The molecule has 29 heavy (non-hydrogen) atoms. The van der Waals surface area contributed by atoms with Crippen LogP contribution in [0.4, 0.5) is 5.82 Å². The van der Waals surface area contributed by atoms with Crippen LogP contribution in [0.3, 0.4) is 0 Å². The van der Waals surface area contributed by atoms with Crippen LogP contribution >= 0.6 is 0 Å². The quantitative estimate of drug-likeness (QED) is 0.779. The van der Waals surface area contributed by atoms with Crippen LogP contribution in [-0.4, -0.2) is 33.6 Å². The third-order valence-corrected chi connectivity index (χ3v) is 6.43. The molecule has 154 valence electrons. The SMILES string of the molecule is Cc1cc(CC(=O)Cn2nc(N3CCC4(CCCC4)C3)c(C)cc2=O)cc(C)n1. The minimum absolute atomic E-state index is 0.00547. The summed E-state index contributed by atoms with van der Waals surface area (Å²) in [6.07, 6.45) is 6.72. The fourth-order valence-electron chi connectivity index (χ4n) is 5.12. The molecule has 1 aliphatic carbocycles. The first kappa shape index (κ1) is 19.8. The number of Topliss-reactive ketones (excluding diaryl/α,β-unsaturated/α-hetero) is 1. The van der Waals surface area contributed by atoms with E-state index in [-0.39, 0.29) is 24.3 Å². The number of carbonyl (C=O) groups excluding carboxylic acids is 1. The maximum absolute atomic E-state index is 12.6. The van der Waals surface area contributed by atoms with Gasteiger partial charge in [-0.05, 0) is 68.7 Å². The molecule has 0 bridgehead atoms. The number of anilines is 1. The molecule has 0 radical (unpaired) electrons. The number of rotatable bonds is 5. The fourth-order valence-corrected chi connectivity index (χ4v) is 5.12. The van der Waals surface area contributed by atoms with Gasteiger partial charge in [-0.2, -0.15) is 5.10 Å². The van der Waals surface area contributed by atoms with E-state index in [0.29, 0.717) is 5.41 Å². The van der Waals surface area contributed by atoms with Gasteiger partial charge in [0.15, 0.2) is 11.6 Å². The number of pyridine rings is 1. The first-order valence-electron chi connectivity index (χ1n) is 10.6. The number of aryl methyl sites for hydroxylation is 3. The van der Waals surface area contributed by atoms with Gasteiger partial charge in [0, 0.05) is 37.0 Å².